The summed E-state index contributed by atoms with van der Waals surface area (Å²) in [5.41, 5.74) is 0. The van der Waals surface area contributed by atoms with E-state index in [1.807, 2.05) is 0 Å². The number of nitriles is 1. The van der Waals surface area contributed by atoms with E-state index < -0.39 is 33.4 Å². The van der Waals surface area contributed by atoms with E-state index in [2.05, 4.69) is 0 Å². The number of carboxylic acid groups (broad SMARTS) is 1. The van der Waals surface area contributed by atoms with Crippen LogP contribution in [0.15, 0.2) is 0 Å². The zero-order chi connectivity index (χ0) is 13.2. The molecule has 0 aromatic rings. The Labute approximate surface area is 99.3 Å². The van der Waals surface area contributed by atoms with Crippen LogP contribution in [0.1, 0.15) is 19.8 Å². The molecule has 0 radical (unpaired) electrons. The molecule has 0 aliphatic carbocycles. The van der Waals surface area contributed by atoms with Crippen molar-refractivity contribution in [2.24, 2.45) is 0 Å². The largest absolute Gasteiger partial charge is 0.480 e. The van der Waals surface area contributed by atoms with Crippen molar-refractivity contribution in [1.82, 2.24) is 4.31 Å². The van der Waals surface area contributed by atoms with Gasteiger partial charge in [0.05, 0.1) is 12.2 Å². The zero-order valence-electron chi connectivity index (χ0n) is 9.28. The predicted octanol–water partition coefficient (Wildman–Crippen LogP) is -0.862. The summed E-state index contributed by atoms with van der Waals surface area (Å²) in [5, 5.41) is 25.7. The number of carboxylic acids is 1. The van der Waals surface area contributed by atoms with E-state index in [9.17, 15) is 18.3 Å². The van der Waals surface area contributed by atoms with Crippen molar-refractivity contribution < 1.29 is 23.4 Å². The van der Waals surface area contributed by atoms with Crippen molar-refractivity contribution >= 4 is 16.0 Å². The molecule has 3 atom stereocenters. The second-order valence-corrected chi connectivity index (χ2v) is 5.95. The molecule has 7 nitrogen and oxygen atoms in total. The summed E-state index contributed by atoms with van der Waals surface area (Å²) in [6.45, 7) is 1.27. The Hall–Kier alpha value is -1.17. The number of rotatable bonds is 4. The van der Waals surface area contributed by atoms with Gasteiger partial charge in [-0.3, -0.25) is 4.79 Å². The number of nitrogens with zero attached hydrogens (tertiary/aromatic N) is 2. The highest BCUT2D eigenvalue weighted by molar-refractivity contribution is 7.90. The van der Waals surface area contributed by atoms with Crippen molar-refractivity contribution in [3.8, 4) is 6.07 Å². The van der Waals surface area contributed by atoms with Crippen LogP contribution < -0.4 is 0 Å². The fourth-order valence-electron chi connectivity index (χ4n) is 1.82. The van der Waals surface area contributed by atoms with Crippen LogP contribution in [-0.2, 0) is 14.8 Å². The highest BCUT2D eigenvalue weighted by Gasteiger charge is 2.45. The molecule has 0 amide bonds. The van der Waals surface area contributed by atoms with Crippen molar-refractivity contribution in [1.29, 1.82) is 5.26 Å². The molecule has 0 bridgehead atoms. The number of hydrogen-bond donors (Lipinski definition) is 2. The number of aliphatic carboxylic acids is 1. The minimum atomic E-state index is -4.00. The maximum Gasteiger partial charge on any atom is 0.322 e. The Morgan fingerprint density at radius 3 is 2.65 bits per heavy atom. The number of sulfonamides is 1. The van der Waals surface area contributed by atoms with E-state index >= 15 is 0 Å². The second-order valence-electron chi connectivity index (χ2n) is 3.88. The van der Waals surface area contributed by atoms with E-state index in [0.29, 0.717) is 0 Å². The van der Waals surface area contributed by atoms with Gasteiger partial charge in [0.15, 0.2) is 5.25 Å². The van der Waals surface area contributed by atoms with Crippen LogP contribution in [-0.4, -0.2) is 52.8 Å². The first-order chi connectivity index (χ1) is 7.84. The summed E-state index contributed by atoms with van der Waals surface area (Å²) in [6.07, 6.45) is -1.06. The highest BCUT2D eigenvalue weighted by atomic mass is 32.2. The van der Waals surface area contributed by atoms with Crippen molar-refractivity contribution in [3.05, 3.63) is 0 Å². The van der Waals surface area contributed by atoms with Gasteiger partial charge in [-0.15, -0.1) is 0 Å². The molecule has 96 valence electrons. The van der Waals surface area contributed by atoms with Crippen LogP contribution in [0.5, 0.6) is 0 Å². The van der Waals surface area contributed by atoms with E-state index in [1.165, 1.54) is 6.92 Å². The molecule has 1 unspecified atom stereocenters. The Morgan fingerprint density at radius 2 is 2.24 bits per heavy atom. The molecule has 8 heteroatoms. The summed E-state index contributed by atoms with van der Waals surface area (Å²) >= 11 is 0. The molecular weight excluding hydrogens is 248 g/mol. The predicted molar refractivity (Wildman–Crippen MR) is 57.4 cm³/mol. The second kappa shape index (κ2) is 5.00. The monoisotopic (exact) mass is 262 g/mol. The van der Waals surface area contributed by atoms with Gasteiger partial charge in [-0.05, 0) is 6.42 Å². The average Bonchev–Trinajstić information content (AvgIpc) is 2.62. The van der Waals surface area contributed by atoms with Gasteiger partial charge in [0.1, 0.15) is 6.04 Å². The van der Waals surface area contributed by atoms with E-state index in [4.69, 9.17) is 10.4 Å². The van der Waals surface area contributed by atoms with E-state index in [1.54, 1.807) is 6.07 Å². The van der Waals surface area contributed by atoms with Crippen molar-refractivity contribution in [2.45, 2.75) is 37.2 Å². The number of hydrogen-bond acceptors (Lipinski definition) is 5. The van der Waals surface area contributed by atoms with Crippen molar-refractivity contribution in [2.75, 3.05) is 6.54 Å². The first-order valence-electron chi connectivity index (χ1n) is 5.15. The number of aliphatic hydroxyl groups is 1. The molecule has 0 aromatic heterocycles. The summed E-state index contributed by atoms with van der Waals surface area (Å²) < 4.78 is 24.7. The van der Waals surface area contributed by atoms with E-state index in [0.717, 1.165) is 4.31 Å². The number of aliphatic hydroxyl groups excluding tert-OH is 1. The molecule has 1 aliphatic rings. The Kier molecular flexibility index (Phi) is 4.08. The third kappa shape index (κ3) is 2.57. The lowest BCUT2D eigenvalue weighted by molar-refractivity contribution is -0.140. The lowest BCUT2D eigenvalue weighted by atomic mass is 10.2. The molecule has 17 heavy (non-hydrogen) atoms. The first kappa shape index (κ1) is 13.9. The van der Waals surface area contributed by atoms with Gasteiger partial charge in [-0.1, -0.05) is 6.92 Å². The molecule has 1 rings (SSSR count). The molecule has 1 aliphatic heterocycles. The van der Waals surface area contributed by atoms with Crippen LogP contribution >= 0.6 is 0 Å². The van der Waals surface area contributed by atoms with Crippen LogP contribution in [0, 0.1) is 11.3 Å². The van der Waals surface area contributed by atoms with Gasteiger partial charge in [-0.25, -0.2) is 8.42 Å². The van der Waals surface area contributed by atoms with Gasteiger partial charge in [-0.2, -0.15) is 9.57 Å². The van der Waals surface area contributed by atoms with Crippen molar-refractivity contribution in [3.63, 3.8) is 0 Å². The van der Waals surface area contributed by atoms with Gasteiger partial charge < -0.3 is 10.2 Å². The molecule has 0 spiro atoms. The minimum Gasteiger partial charge on any atom is -0.480 e. The molecule has 0 saturated carbocycles. The summed E-state index contributed by atoms with van der Waals surface area (Å²) in [5.74, 6) is -1.31. The average molecular weight is 262 g/mol. The fraction of sp³-hybridized carbons (Fsp3) is 0.778. The molecule has 2 N–H and O–H groups in total. The first-order valence-corrected chi connectivity index (χ1v) is 6.66. The minimum absolute atomic E-state index is 0.0811. The topological polar surface area (TPSA) is 119 Å². The fourth-order valence-corrected chi connectivity index (χ4v) is 3.61. The third-order valence-electron chi connectivity index (χ3n) is 2.72. The summed E-state index contributed by atoms with van der Waals surface area (Å²) in [4.78, 5) is 10.9. The van der Waals surface area contributed by atoms with Crippen LogP contribution in [0.25, 0.3) is 0 Å². The molecule has 1 fully saturated rings. The molecule has 1 saturated heterocycles. The summed E-state index contributed by atoms with van der Waals surface area (Å²) in [6, 6.07) is 0.359. The lowest BCUT2D eigenvalue weighted by Crippen LogP contribution is -2.44. The van der Waals surface area contributed by atoms with Gasteiger partial charge in [0, 0.05) is 13.0 Å². The molecule has 1 heterocycles. The lowest BCUT2D eigenvalue weighted by Gasteiger charge is -2.22. The molecule has 0 aromatic carbocycles. The SMILES string of the molecule is CCC(C#N)S(=O)(=O)N1C[C@H](O)C[C@@H]1C(=O)O. The molecular formula is C9H14N2O5S. The van der Waals surface area contributed by atoms with Crippen LogP contribution in [0.2, 0.25) is 0 Å². The number of β-amino-alcohol motifs (C(OH)–C–C–N with tert-alkyl or cyclic N) is 1. The van der Waals surface area contributed by atoms with Gasteiger partial charge >= 0.3 is 5.97 Å². The Bertz CT molecular complexity index is 441. The van der Waals surface area contributed by atoms with Crippen LogP contribution in [0.3, 0.4) is 0 Å². The van der Waals surface area contributed by atoms with Gasteiger partial charge in [0.25, 0.3) is 0 Å². The maximum atomic E-state index is 12.0. The Morgan fingerprint density at radius 1 is 1.65 bits per heavy atom. The smallest absolute Gasteiger partial charge is 0.322 e. The number of carbonyl (C=O) groups is 1. The maximum absolute atomic E-state index is 12.0. The Balaban J connectivity index is 3.06. The van der Waals surface area contributed by atoms with E-state index in [-0.39, 0.29) is 19.4 Å². The standard InChI is InChI=1S/C9H14N2O5S/c1-2-7(4-10)17(15,16)11-5-6(12)3-8(11)9(13)14/h6-8,12H,2-3,5H2,1H3,(H,13,14)/t6-,7?,8-/m1/s1. The normalized spacial score (nSPS) is 27.6. The third-order valence-corrected chi connectivity index (χ3v) is 4.94. The van der Waals surface area contributed by atoms with Crippen LogP contribution in [0.4, 0.5) is 0 Å². The zero-order valence-corrected chi connectivity index (χ0v) is 10.1. The quantitative estimate of drug-likeness (QED) is 0.680. The highest BCUT2D eigenvalue weighted by Crippen LogP contribution is 2.25. The summed E-state index contributed by atoms with van der Waals surface area (Å²) in [7, 11) is -4.00. The van der Waals surface area contributed by atoms with Gasteiger partial charge in [0.2, 0.25) is 10.0 Å².